The molecule has 1 aromatic carbocycles. The maximum Gasteiger partial charge on any atom is 0.394 e. The van der Waals surface area contributed by atoms with Gasteiger partial charge in [0, 0.05) is 24.3 Å². The minimum atomic E-state index is -1.74. The van der Waals surface area contributed by atoms with Gasteiger partial charge in [-0.2, -0.15) is 0 Å². The molecule has 1 aromatic heterocycles. The minimum absolute atomic E-state index is 0.00940. The van der Waals surface area contributed by atoms with Crippen molar-refractivity contribution in [2.24, 2.45) is 0 Å². The molecule has 1 atom stereocenters. The van der Waals surface area contributed by atoms with Crippen LogP contribution in [0.25, 0.3) is 0 Å². The number of benzene rings is 1. The summed E-state index contributed by atoms with van der Waals surface area (Å²) in [5.41, 5.74) is 0.912. The van der Waals surface area contributed by atoms with E-state index < -0.39 is 35.6 Å². The van der Waals surface area contributed by atoms with E-state index in [2.05, 4.69) is 10.6 Å². The van der Waals surface area contributed by atoms with Gasteiger partial charge in [0.05, 0.1) is 18.3 Å². The Morgan fingerprint density at radius 3 is 2.42 bits per heavy atom. The first-order valence-electron chi connectivity index (χ1n) is 9.15. The first-order valence-corrected chi connectivity index (χ1v) is 9.96. The van der Waals surface area contributed by atoms with Crippen molar-refractivity contribution in [3.8, 4) is 0 Å². The predicted octanol–water partition coefficient (Wildman–Crippen LogP) is 0.839. The van der Waals surface area contributed by atoms with Crippen molar-refractivity contribution < 1.29 is 38.9 Å². The van der Waals surface area contributed by atoms with Gasteiger partial charge in [-0.3, -0.25) is 14.4 Å². The maximum atomic E-state index is 12.1. The number of nitrogens with one attached hydrogen (secondary N) is 2. The summed E-state index contributed by atoms with van der Waals surface area (Å²) in [7, 11) is 0. The molecule has 162 valence electrons. The zero-order valence-corrected chi connectivity index (χ0v) is 16.9. The van der Waals surface area contributed by atoms with Crippen LogP contribution in [0.1, 0.15) is 26.4 Å². The molecule has 1 unspecified atom stereocenters. The van der Waals surface area contributed by atoms with Gasteiger partial charge in [-0.05, 0) is 11.1 Å². The van der Waals surface area contributed by atoms with Crippen molar-refractivity contribution in [3.63, 3.8) is 0 Å². The number of Topliss-reactive ketones (excluding diaryl/α,β-unsaturated/α-hetero) is 1. The lowest BCUT2D eigenvalue weighted by Gasteiger charge is -2.23. The molecular weight excluding hydrogens is 428 g/mol. The van der Waals surface area contributed by atoms with E-state index in [9.17, 15) is 29.1 Å². The Morgan fingerprint density at radius 2 is 1.77 bits per heavy atom. The molecule has 4 N–H and O–H groups in total. The quantitative estimate of drug-likeness (QED) is 0.455. The number of carboxylic acids is 2. The predicted molar refractivity (Wildman–Crippen MR) is 108 cm³/mol. The minimum Gasteiger partial charge on any atom is -0.478 e. The topological polar surface area (TPSA) is 159 Å². The molecule has 1 aliphatic heterocycles. The van der Waals surface area contributed by atoms with Gasteiger partial charge in [0.15, 0.2) is 0 Å². The number of anilines is 1. The van der Waals surface area contributed by atoms with E-state index in [0.717, 1.165) is 11.3 Å². The van der Waals surface area contributed by atoms with Crippen LogP contribution in [0.5, 0.6) is 0 Å². The van der Waals surface area contributed by atoms with Crippen LogP contribution in [-0.2, 0) is 43.4 Å². The van der Waals surface area contributed by atoms with Gasteiger partial charge in [-0.1, -0.05) is 30.3 Å². The number of rotatable bonds is 7. The third kappa shape index (κ3) is 5.32. The van der Waals surface area contributed by atoms with E-state index in [1.165, 1.54) is 0 Å². The van der Waals surface area contributed by atoms with E-state index in [1.54, 1.807) is 30.3 Å². The summed E-state index contributed by atoms with van der Waals surface area (Å²) in [5.74, 6) is -5.78. The van der Waals surface area contributed by atoms with Gasteiger partial charge in [0.1, 0.15) is 5.00 Å². The molecule has 2 amide bonds. The number of fused-ring (bicyclic) bond motifs is 1. The largest absolute Gasteiger partial charge is 0.478 e. The molecule has 2 aromatic rings. The molecule has 0 saturated carbocycles. The maximum absolute atomic E-state index is 12.1. The molecule has 0 fully saturated rings. The average molecular weight is 446 g/mol. The molecule has 0 saturated heterocycles. The highest BCUT2D eigenvalue weighted by Gasteiger charge is 2.31. The molecule has 31 heavy (non-hydrogen) atoms. The molecular formula is C20H18N2O8S. The molecule has 10 nitrogen and oxygen atoms in total. The Hall–Kier alpha value is -3.57. The number of carboxylic acid groups (broad SMARTS) is 2. The molecule has 1 aliphatic rings. The molecule has 0 spiro atoms. The van der Waals surface area contributed by atoms with Gasteiger partial charge >= 0.3 is 17.8 Å². The molecule has 2 heterocycles. The van der Waals surface area contributed by atoms with E-state index in [4.69, 9.17) is 9.84 Å². The van der Waals surface area contributed by atoms with Gasteiger partial charge < -0.3 is 25.6 Å². The summed E-state index contributed by atoms with van der Waals surface area (Å²) in [4.78, 5) is 58.6. The Balaban J connectivity index is 1.63. The summed E-state index contributed by atoms with van der Waals surface area (Å²) < 4.78 is 5.62. The number of aliphatic carboxylic acids is 1. The highest BCUT2D eigenvalue weighted by atomic mass is 32.1. The van der Waals surface area contributed by atoms with Crippen molar-refractivity contribution >= 4 is 45.9 Å². The van der Waals surface area contributed by atoms with Crippen molar-refractivity contribution in [1.82, 2.24) is 5.32 Å². The second-order valence-corrected chi connectivity index (χ2v) is 7.81. The monoisotopic (exact) mass is 446 g/mol. The first-order chi connectivity index (χ1) is 14.8. The van der Waals surface area contributed by atoms with Crippen molar-refractivity contribution in [2.75, 3.05) is 11.9 Å². The SMILES string of the molecule is O=C(O)C(=O)Nc1sc2c(c1C(=O)O)CC(CNC(=O)C(=O)Cc1ccccc1)OC2. The Morgan fingerprint density at radius 1 is 1.06 bits per heavy atom. The van der Waals surface area contributed by atoms with Crippen LogP contribution in [-0.4, -0.2) is 52.4 Å². The van der Waals surface area contributed by atoms with E-state index in [-0.39, 0.29) is 36.6 Å². The van der Waals surface area contributed by atoms with E-state index in [0.29, 0.717) is 16.0 Å². The van der Waals surface area contributed by atoms with Crippen molar-refractivity contribution in [1.29, 1.82) is 0 Å². The highest BCUT2D eigenvalue weighted by molar-refractivity contribution is 7.17. The van der Waals surface area contributed by atoms with Crippen LogP contribution in [0.4, 0.5) is 5.00 Å². The van der Waals surface area contributed by atoms with Crippen molar-refractivity contribution in [2.45, 2.75) is 25.6 Å². The number of aromatic carboxylic acids is 1. The van der Waals surface area contributed by atoms with E-state index >= 15 is 0 Å². The summed E-state index contributed by atoms with van der Waals surface area (Å²) >= 11 is 0.926. The summed E-state index contributed by atoms with van der Waals surface area (Å²) in [6, 6.07) is 8.81. The van der Waals surface area contributed by atoms with Crippen LogP contribution >= 0.6 is 11.3 Å². The van der Waals surface area contributed by atoms with Gasteiger partial charge in [0.25, 0.3) is 5.91 Å². The van der Waals surface area contributed by atoms with Crippen LogP contribution in [0.2, 0.25) is 0 Å². The van der Waals surface area contributed by atoms with Gasteiger partial charge in [-0.15, -0.1) is 11.3 Å². The number of carbonyl (C=O) groups is 5. The van der Waals surface area contributed by atoms with Crippen LogP contribution in [0, 0.1) is 0 Å². The zero-order chi connectivity index (χ0) is 22.5. The lowest BCUT2D eigenvalue weighted by Crippen LogP contribution is -2.40. The third-order valence-electron chi connectivity index (χ3n) is 4.56. The van der Waals surface area contributed by atoms with Crippen LogP contribution in [0.15, 0.2) is 30.3 Å². The smallest absolute Gasteiger partial charge is 0.394 e. The van der Waals surface area contributed by atoms with Crippen molar-refractivity contribution in [3.05, 3.63) is 51.9 Å². The van der Waals surface area contributed by atoms with Crippen LogP contribution in [0.3, 0.4) is 0 Å². The first kappa shape index (κ1) is 22.1. The second-order valence-electron chi connectivity index (χ2n) is 6.71. The zero-order valence-electron chi connectivity index (χ0n) is 16.0. The third-order valence-corrected chi connectivity index (χ3v) is 5.68. The standard InChI is InChI=1S/C20H18N2O8S/c23-13(6-10-4-2-1-3-5-10)16(24)21-8-11-7-12-14(9-30-11)31-18(15(12)19(26)27)22-17(25)20(28)29/h1-5,11H,6-9H2,(H,21,24)(H,22,25)(H,26,27)(H,28,29). The second kappa shape index (κ2) is 9.49. The normalized spacial score (nSPS) is 14.9. The number of ether oxygens (including phenoxy) is 1. The Bertz CT molecular complexity index is 1050. The number of hydrogen-bond donors (Lipinski definition) is 4. The number of amides is 2. The highest BCUT2D eigenvalue weighted by Crippen LogP contribution is 2.37. The number of thiophene rings is 1. The Kier molecular flexibility index (Phi) is 6.78. The van der Waals surface area contributed by atoms with Gasteiger partial charge in [0.2, 0.25) is 5.78 Å². The average Bonchev–Trinajstić information content (AvgIpc) is 3.09. The Labute approximate surface area is 179 Å². The fourth-order valence-corrected chi connectivity index (χ4v) is 4.23. The van der Waals surface area contributed by atoms with Gasteiger partial charge in [-0.25, -0.2) is 9.59 Å². The summed E-state index contributed by atoms with van der Waals surface area (Å²) in [5, 5.41) is 22.8. The molecule has 11 heteroatoms. The molecule has 0 bridgehead atoms. The van der Waals surface area contributed by atoms with Crippen LogP contribution < -0.4 is 10.6 Å². The molecule has 0 radical (unpaired) electrons. The summed E-state index contributed by atoms with van der Waals surface area (Å²) in [6.45, 7) is 0.0201. The fraction of sp³-hybridized carbons (Fsp3) is 0.250. The summed E-state index contributed by atoms with van der Waals surface area (Å²) in [6.07, 6.45) is -0.511. The lowest BCUT2D eigenvalue weighted by atomic mass is 10.0. The number of ketones is 1. The van der Waals surface area contributed by atoms with E-state index in [1.807, 2.05) is 0 Å². The number of carbonyl (C=O) groups excluding carboxylic acids is 3. The fourth-order valence-electron chi connectivity index (χ4n) is 3.09. The molecule has 0 aliphatic carbocycles. The lowest BCUT2D eigenvalue weighted by molar-refractivity contribution is -0.147. The number of hydrogen-bond acceptors (Lipinski definition) is 7. The molecule has 3 rings (SSSR count).